The molecule has 2 heterocycles. The topological polar surface area (TPSA) is 23.6 Å². The molecular formula is C16H16N2OS2. The molecule has 0 atom stereocenters. The van der Waals surface area contributed by atoms with Gasteiger partial charge in [0, 0.05) is 18.8 Å². The number of anilines is 1. The molecule has 0 aliphatic carbocycles. The summed E-state index contributed by atoms with van der Waals surface area (Å²) in [6.45, 7) is 5.64. The van der Waals surface area contributed by atoms with Crippen LogP contribution in [0.3, 0.4) is 0 Å². The van der Waals surface area contributed by atoms with Crippen molar-refractivity contribution in [3.05, 3.63) is 46.5 Å². The molecule has 1 aromatic carbocycles. The molecule has 5 heteroatoms. The van der Waals surface area contributed by atoms with Crippen LogP contribution in [-0.2, 0) is 4.79 Å². The van der Waals surface area contributed by atoms with E-state index in [2.05, 4.69) is 30.0 Å². The van der Waals surface area contributed by atoms with E-state index < -0.39 is 0 Å². The third kappa shape index (κ3) is 2.30. The summed E-state index contributed by atoms with van der Waals surface area (Å²) < 4.78 is 1.88. The number of hydrogen-bond acceptors (Lipinski definition) is 4. The average Bonchev–Trinajstić information content (AvgIpc) is 2.81. The number of carbonyl (C=O) groups excluding carboxylic acids is 1. The van der Waals surface area contributed by atoms with Crippen molar-refractivity contribution in [3.63, 3.8) is 0 Å². The van der Waals surface area contributed by atoms with Crippen LogP contribution in [0, 0.1) is 0 Å². The van der Waals surface area contributed by atoms with Gasteiger partial charge in [-0.15, -0.1) is 0 Å². The first-order valence-electron chi connectivity index (χ1n) is 7.00. The Morgan fingerprint density at radius 2 is 1.90 bits per heavy atom. The van der Waals surface area contributed by atoms with Gasteiger partial charge in [0.25, 0.3) is 0 Å². The van der Waals surface area contributed by atoms with Crippen molar-refractivity contribution in [1.82, 2.24) is 4.31 Å². The lowest BCUT2D eigenvalue weighted by Gasteiger charge is -2.30. The summed E-state index contributed by atoms with van der Waals surface area (Å²) in [5.41, 5.74) is 3.26. The van der Waals surface area contributed by atoms with Crippen LogP contribution in [0.4, 0.5) is 5.69 Å². The van der Waals surface area contributed by atoms with Gasteiger partial charge >= 0.3 is 0 Å². The Labute approximate surface area is 134 Å². The fourth-order valence-corrected chi connectivity index (χ4v) is 3.95. The lowest BCUT2D eigenvalue weighted by Crippen LogP contribution is -2.26. The Bertz CT molecular complexity index is 679. The number of thiocarbonyl (C=S) groups is 1. The molecule has 0 N–H and O–H groups in total. The number of ketones is 1. The summed E-state index contributed by atoms with van der Waals surface area (Å²) in [4.78, 5) is 15.7. The summed E-state index contributed by atoms with van der Waals surface area (Å²) in [6.07, 6.45) is 4.09. The molecule has 1 saturated heterocycles. The van der Waals surface area contributed by atoms with Gasteiger partial charge in [0.1, 0.15) is 4.91 Å². The molecule has 108 valence electrons. The zero-order valence-electron chi connectivity index (χ0n) is 12.0. The van der Waals surface area contributed by atoms with Crippen LogP contribution in [0.2, 0.25) is 0 Å². The van der Waals surface area contributed by atoms with Crippen LogP contribution in [-0.4, -0.2) is 28.2 Å². The summed E-state index contributed by atoms with van der Waals surface area (Å²) in [7, 11) is 0. The van der Waals surface area contributed by atoms with E-state index in [0.717, 1.165) is 29.4 Å². The van der Waals surface area contributed by atoms with Gasteiger partial charge in [-0.3, -0.25) is 9.10 Å². The van der Waals surface area contributed by atoms with Crippen molar-refractivity contribution in [2.45, 2.75) is 13.8 Å². The first-order valence-corrected chi connectivity index (χ1v) is 8.18. The van der Waals surface area contributed by atoms with Gasteiger partial charge < -0.3 is 4.90 Å². The quantitative estimate of drug-likeness (QED) is 0.471. The van der Waals surface area contributed by atoms with Crippen molar-refractivity contribution in [3.8, 4) is 0 Å². The number of carbonyl (C=O) groups is 1. The highest BCUT2D eigenvalue weighted by molar-refractivity contribution is 8.05. The number of allylic oxidation sites excluding steroid dienone is 1. The fourth-order valence-electron chi connectivity index (χ4n) is 2.58. The maximum Gasteiger partial charge on any atom is 0.231 e. The monoisotopic (exact) mass is 316 g/mol. The molecule has 1 fully saturated rings. The predicted molar refractivity (Wildman–Crippen MR) is 93.1 cm³/mol. The molecule has 21 heavy (non-hydrogen) atoms. The fraction of sp³-hybridized carbons (Fsp3) is 0.250. The largest absolute Gasteiger partial charge is 0.340 e. The maximum atomic E-state index is 12.4. The van der Waals surface area contributed by atoms with Crippen molar-refractivity contribution in [1.29, 1.82) is 0 Å². The molecule has 3 rings (SSSR count). The molecule has 2 aliphatic heterocycles. The lowest BCUT2D eigenvalue weighted by molar-refractivity contribution is -0.109. The Morgan fingerprint density at radius 1 is 1.14 bits per heavy atom. The van der Waals surface area contributed by atoms with Gasteiger partial charge in [-0.25, -0.2) is 0 Å². The minimum absolute atomic E-state index is 0.0330. The van der Waals surface area contributed by atoms with Gasteiger partial charge in [-0.05, 0) is 43.5 Å². The van der Waals surface area contributed by atoms with Gasteiger partial charge in [0.2, 0.25) is 5.78 Å². The third-order valence-corrected chi connectivity index (χ3v) is 5.36. The molecule has 0 aromatic heterocycles. The second-order valence-electron chi connectivity index (χ2n) is 4.77. The van der Waals surface area contributed by atoms with Crippen LogP contribution in [0.25, 0.3) is 6.08 Å². The number of hydrogen-bond donors (Lipinski definition) is 0. The van der Waals surface area contributed by atoms with Crippen LogP contribution in [0.5, 0.6) is 0 Å². The molecule has 0 amide bonds. The molecular weight excluding hydrogens is 300 g/mol. The van der Waals surface area contributed by atoms with Gasteiger partial charge in [-0.1, -0.05) is 36.5 Å². The van der Waals surface area contributed by atoms with Crippen molar-refractivity contribution in [2.75, 3.05) is 18.0 Å². The standard InChI is InChI=1S/C16H16N2OS2/c1-3-17-12-8-6-5-7-11(12)9-10-13(17)15-14(19)16(20)18(4-2)21-15/h5-10H,3-4H2,1-2H3/b15-13+. The van der Waals surface area contributed by atoms with Gasteiger partial charge in [-0.2, -0.15) is 0 Å². The normalized spacial score (nSPS) is 21.2. The SMILES string of the molecule is CCN1S/C(=C2\C=Cc3ccccc3N2CC)C(=O)C1=S. The van der Waals surface area contributed by atoms with E-state index in [4.69, 9.17) is 12.2 Å². The summed E-state index contributed by atoms with van der Waals surface area (Å²) in [5.74, 6) is -0.0330. The number of Topliss-reactive ketones (excluding diaryl/α,β-unsaturated/α-hetero) is 1. The Kier molecular flexibility index (Phi) is 3.87. The lowest BCUT2D eigenvalue weighted by atomic mass is 10.1. The van der Waals surface area contributed by atoms with E-state index >= 15 is 0 Å². The number of benzene rings is 1. The molecule has 0 unspecified atom stereocenters. The van der Waals surface area contributed by atoms with E-state index in [9.17, 15) is 4.79 Å². The number of para-hydroxylation sites is 1. The van der Waals surface area contributed by atoms with E-state index in [0.29, 0.717) is 4.99 Å². The number of nitrogens with zero attached hydrogens (tertiary/aromatic N) is 2. The molecule has 0 saturated carbocycles. The molecule has 1 aromatic rings. The zero-order chi connectivity index (χ0) is 15.0. The number of fused-ring (bicyclic) bond motifs is 1. The predicted octanol–water partition coefficient (Wildman–Crippen LogP) is 3.63. The first-order chi connectivity index (χ1) is 10.2. The molecule has 0 bridgehead atoms. The minimum atomic E-state index is -0.0330. The number of likely N-dealkylation sites (N-methyl/N-ethyl adjacent to an activating group) is 2. The van der Waals surface area contributed by atoms with E-state index in [1.807, 2.05) is 29.4 Å². The zero-order valence-corrected chi connectivity index (χ0v) is 13.6. The van der Waals surface area contributed by atoms with Crippen molar-refractivity contribution >= 4 is 46.7 Å². The summed E-state index contributed by atoms with van der Waals surface area (Å²) >= 11 is 6.70. The second-order valence-corrected chi connectivity index (χ2v) is 6.19. The van der Waals surface area contributed by atoms with Crippen LogP contribution in [0.1, 0.15) is 19.4 Å². The highest BCUT2D eigenvalue weighted by atomic mass is 32.2. The molecule has 2 aliphatic rings. The molecule has 0 radical (unpaired) electrons. The Morgan fingerprint density at radius 3 is 2.57 bits per heavy atom. The Hall–Kier alpha value is -1.59. The highest BCUT2D eigenvalue weighted by Gasteiger charge is 2.35. The highest BCUT2D eigenvalue weighted by Crippen LogP contribution is 2.39. The van der Waals surface area contributed by atoms with Crippen LogP contribution in [0.15, 0.2) is 40.9 Å². The van der Waals surface area contributed by atoms with E-state index in [1.54, 1.807) is 0 Å². The minimum Gasteiger partial charge on any atom is -0.340 e. The average molecular weight is 316 g/mol. The second kappa shape index (κ2) is 5.66. The van der Waals surface area contributed by atoms with Crippen LogP contribution < -0.4 is 4.90 Å². The smallest absolute Gasteiger partial charge is 0.231 e. The summed E-state index contributed by atoms with van der Waals surface area (Å²) in [5, 5.41) is 0. The van der Waals surface area contributed by atoms with E-state index in [1.165, 1.54) is 17.5 Å². The first kappa shape index (κ1) is 14.4. The van der Waals surface area contributed by atoms with Gasteiger partial charge in [0.05, 0.1) is 5.70 Å². The molecule has 0 spiro atoms. The van der Waals surface area contributed by atoms with Gasteiger partial charge in [0.15, 0.2) is 4.99 Å². The summed E-state index contributed by atoms with van der Waals surface area (Å²) in [6, 6.07) is 8.22. The van der Waals surface area contributed by atoms with Crippen LogP contribution >= 0.6 is 24.2 Å². The number of rotatable bonds is 2. The van der Waals surface area contributed by atoms with Crippen molar-refractivity contribution in [2.24, 2.45) is 0 Å². The maximum absolute atomic E-state index is 12.4. The van der Waals surface area contributed by atoms with E-state index in [-0.39, 0.29) is 5.78 Å². The third-order valence-electron chi connectivity index (χ3n) is 3.60. The Balaban J connectivity index is 2.10. The van der Waals surface area contributed by atoms with Crippen molar-refractivity contribution < 1.29 is 4.79 Å². The molecule has 3 nitrogen and oxygen atoms in total.